The number of aromatic hydroxyl groups is 2. The number of phenolic OH excluding ortho intramolecular Hbond substituents is 2. The molecule has 0 aliphatic rings. The van der Waals surface area contributed by atoms with Crippen LogP contribution in [-0.4, -0.2) is 10.2 Å². The van der Waals surface area contributed by atoms with Gasteiger partial charge in [-0.25, -0.2) is 0 Å². The van der Waals surface area contributed by atoms with E-state index in [4.69, 9.17) is 0 Å². The Balaban J connectivity index is 1.80. The molecule has 0 radical (unpaired) electrons. The lowest BCUT2D eigenvalue weighted by Crippen LogP contribution is -1.82. The lowest BCUT2D eigenvalue weighted by molar-refractivity contribution is 0.475. The molecule has 2 heteroatoms. The largest absolute Gasteiger partial charge is 0.508 e. The van der Waals surface area contributed by atoms with Crippen LogP contribution in [0.2, 0.25) is 0 Å². The second-order valence-electron chi connectivity index (χ2n) is 5.87. The molecule has 0 fully saturated rings. The van der Waals surface area contributed by atoms with Gasteiger partial charge in [-0.05, 0) is 69.4 Å². The van der Waals surface area contributed by atoms with Crippen molar-refractivity contribution in [1.82, 2.24) is 0 Å². The maximum absolute atomic E-state index is 9.44. The summed E-state index contributed by atoms with van der Waals surface area (Å²) in [4.78, 5) is 0. The van der Waals surface area contributed by atoms with E-state index in [9.17, 15) is 10.2 Å². The van der Waals surface area contributed by atoms with Crippen molar-refractivity contribution in [3.8, 4) is 33.8 Å². The van der Waals surface area contributed by atoms with Gasteiger partial charge < -0.3 is 10.2 Å². The third-order valence-corrected chi connectivity index (χ3v) is 4.24. The van der Waals surface area contributed by atoms with Gasteiger partial charge in [-0.15, -0.1) is 0 Å². The molecule has 0 saturated carbocycles. The molecule has 2 N–H and O–H groups in total. The minimum absolute atomic E-state index is 0.272. The first kappa shape index (κ1) is 14.3. The molecule has 4 rings (SSSR count). The Morgan fingerprint density at radius 1 is 0.375 bits per heavy atom. The Bertz CT molecular complexity index is 920. The van der Waals surface area contributed by atoms with E-state index in [0.717, 1.165) is 27.6 Å². The van der Waals surface area contributed by atoms with Crippen LogP contribution < -0.4 is 0 Å². The van der Waals surface area contributed by atoms with Gasteiger partial charge in [0.15, 0.2) is 0 Å². The summed E-state index contributed by atoms with van der Waals surface area (Å²) in [5.74, 6) is 0.545. The van der Waals surface area contributed by atoms with Crippen molar-refractivity contribution >= 4 is 10.8 Å². The minimum Gasteiger partial charge on any atom is -0.508 e. The van der Waals surface area contributed by atoms with Gasteiger partial charge in [0.2, 0.25) is 0 Å². The zero-order valence-electron chi connectivity index (χ0n) is 13.0. The quantitative estimate of drug-likeness (QED) is 0.507. The molecule has 0 saturated heterocycles. The molecule has 0 spiro atoms. The van der Waals surface area contributed by atoms with Crippen LogP contribution in [0.1, 0.15) is 0 Å². The van der Waals surface area contributed by atoms with Gasteiger partial charge in [-0.1, -0.05) is 48.5 Å². The van der Waals surface area contributed by atoms with Crippen LogP contribution in [0.5, 0.6) is 11.5 Å². The summed E-state index contributed by atoms with van der Waals surface area (Å²) in [5.41, 5.74) is 4.38. The molecule has 0 heterocycles. The molecule has 24 heavy (non-hydrogen) atoms. The Hall–Kier alpha value is -3.26. The number of fused-ring (bicyclic) bond motifs is 1. The van der Waals surface area contributed by atoms with Crippen molar-refractivity contribution in [2.45, 2.75) is 0 Å². The number of hydrogen-bond acceptors (Lipinski definition) is 2. The van der Waals surface area contributed by atoms with Crippen LogP contribution in [-0.2, 0) is 0 Å². The monoisotopic (exact) mass is 312 g/mol. The molecule has 0 aliphatic carbocycles. The van der Waals surface area contributed by atoms with Crippen LogP contribution in [0.3, 0.4) is 0 Å². The summed E-state index contributed by atoms with van der Waals surface area (Å²) in [6.07, 6.45) is 0. The number of rotatable bonds is 2. The van der Waals surface area contributed by atoms with E-state index in [1.807, 2.05) is 24.3 Å². The van der Waals surface area contributed by atoms with Gasteiger partial charge in [-0.3, -0.25) is 0 Å². The number of benzene rings is 4. The first-order valence-corrected chi connectivity index (χ1v) is 7.82. The summed E-state index contributed by atoms with van der Waals surface area (Å²) >= 11 is 0. The summed E-state index contributed by atoms with van der Waals surface area (Å²) < 4.78 is 0. The normalized spacial score (nSPS) is 10.8. The topological polar surface area (TPSA) is 40.5 Å². The van der Waals surface area contributed by atoms with Crippen molar-refractivity contribution in [1.29, 1.82) is 0 Å². The van der Waals surface area contributed by atoms with Crippen molar-refractivity contribution in [2.75, 3.05) is 0 Å². The van der Waals surface area contributed by atoms with Gasteiger partial charge in [0.25, 0.3) is 0 Å². The third-order valence-electron chi connectivity index (χ3n) is 4.24. The number of hydrogen-bond donors (Lipinski definition) is 2. The fourth-order valence-corrected chi connectivity index (χ4v) is 2.91. The molecule has 4 aromatic carbocycles. The van der Waals surface area contributed by atoms with Crippen LogP contribution in [0.15, 0.2) is 84.9 Å². The Morgan fingerprint density at radius 2 is 0.750 bits per heavy atom. The Kier molecular flexibility index (Phi) is 3.43. The highest BCUT2D eigenvalue weighted by molar-refractivity contribution is 5.91. The Labute approximate surface area is 140 Å². The van der Waals surface area contributed by atoms with E-state index >= 15 is 0 Å². The molecule has 0 unspecified atom stereocenters. The fraction of sp³-hybridized carbons (Fsp3) is 0. The van der Waals surface area contributed by atoms with E-state index in [1.54, 1.807) is 24.3 Å². The lowest BCUT2D eigenvalue weighted by Gasteiger charge is -2.07. The molecule has 0 bridgehead atoms. The third kappa shape index (κ3) is 2.70. The van der Waals surface area contributed by atoms with Crippen LogP contribution in [0, 0.1) is 0 Å². The Morgan fingerprint density at radius 3 is 1.17 bits per heavy atom. The van der Waals surface area contributed by atoms with E-state index in [2.05, 4.69) is 36.4 Å². The predicted molar refractivity (Wildman–Crippen MR) is 98.1 cm³/mol. The van der Waals surface area contributed by atoms with Crippen molar-refractivity contribution in [3.63, 3.8) is 0 Å². The van der Waals surface area contributed by atoms with E-state index in [0.29, 0.717) is 0 Å². The molecular formula is C22H16O2. The van der Waals surface area contributed by atoms with Gasteiger partial charge in [0.05, 0.1) is 0 Å². The summed E-state index contributed by atoms with van der Waals surface area (Å²) in [6, 6.07) is 27.2. The smallest absolute Gasteiger partial charge is 0.115 e. The maximum atomic E-state index is 9.44. The highest BCUT2D eigenvalue weighted by atomic mass is 16.3. The molecule has 2 nitrogen and oxygen atoms in total. The van der Waals surface area contributed by atoms with Gasteiger partial charge in [-0.2, -0.15) is 0 Å². The van der Waals surface area contributed by atoms with Gasteiger partial charge in [0.1, 0.15) is 11.5 Å². The standard InChI is InChI=1S/C22H16O2/c23-21-9-5-15(6-10-21)18-3-1-17-2-4-19(14-20(17)13-18)16-7-11-22(24)12-8-16/h1-14,23-24H. The number of phenols is 2. The SMILES string of the molecule is Oc1ccc(-c2ccc3ccc(-c4ccc(O)cc4)cc3c2)cc1. The molecule has 0 aromatic heterocycles. The van der Waals surface area contributed by atoms with Crippen molar-refractivity contribution in [2.24, 2.45) is 0 Å². The van der Waals surface area contributed by atoms with Gasteiger partial charge >= 0.3 is 0 Å². The van der Waals surface area contributed by atoms with Crippen molar-refractivity contribution in [3.05, 3.63) is 84.9 Å². The second-order valence-corrected chi connectivity index (χ2v) is 5.87. The summed E-state index contributed by atoms with van der Waals surface area (Å²) in [6.45, 7) is 0. The predicted octanol–water partition coefficient (Wildman–Crippen LogP) is 5.59. The first-order chi connectivity index (χ1) is 11.7. The first-order valence-electron chi connectivity index (χ1n) is 7.82. The second kappa shape index (κ2) is 5.74. The minimum atomic E-state index is 0.272. The summed E-state index contributed by atoms with van der Waals surface area (Å²) in [7, 11) is 0. The van der Waals surface area contributed by atoms with Gasteiger partial charge in [0, 0.05) is 0 Å². The molecule has 0 atom stereocenters. The molecule has 0 amide bonds. The molecular weight excluding hydrogens is 296 g/mol. The highest BCUT2D eigenvalue weighted by Crippen LogP contribution is 2.29. The molecule has 116 valence electrons. The average Bonchev–Trinajstić information content (AvgIpc) is 2.62. The fourth-order valence-electron chi connectivity index (χ4n) is 2.91. The van der Waals surface area contributed by atoms with Crippen LogP contribution in [0.4, 0.5) is 0 Å². The van der Waals surface area contributed by atoms with Crippen molar-refractivity contribution < 1.29 is 10.2 Å². The molecule has 0 aliphatic heterocycles. The lowest BCUT2D eigenvalue weighted by atomic mass is 9.97. The zero-order valence-corrected chi connectivity index (χ0v) is 13.0. The molecule has 4 aromatic rings. The van der Waals surface area contributed by atoms with E-state index in [1.165, 1.54) is 5.39 Å². The highest BCUT2D eigenvalue weighted by Gasteiger charge is 2.03. The van der Waals surface area contributed by atoms with E-state index in [-0.39, 0.29) is 11.5 Å². The summed E-state index contributed by atoms with van der Waals surface area (Å²) in [5, 5.41) is 21.2. The zero-order chi connectivity index (χ0) is 16.5. The van der Waals surface area contributed by atoms with E-state index < -0.39 is 0 Å². The van der Waals surface area contributed by atoms with Crippen LogP contribution >= 0.6 is 0 Å². The van der Waals surface area contributed by atoms with Crippen LogP contribution in [0.25, 0.3) is 33.0 Å². The average molecular weight is 312 g/mol. The maximum Gasteiger partial charge on any atom is 0.115 e.